The standard InChI is InChI=1S/C20H18ClF3N6O2S/c1-9(4-14(31)16-11(6-25)17(26)29-8-28-16)19-27-7-15(33-19)18(32)30-10-2-3-12(13(21)5-10)20(22,23)24/h2-3,5,7-9H,4,6,25H2,1H3,(H,30,32)(H2,26,28,29). The maximum Gasteiger partial charge on any atom is 0.417 e. The smallest absolute Gasteiger partial charge is 0.383 e. The summed E-state index contributed by atoms with van der Waals surface area (Å²) in [5.41, 5.74) is 11.0. The van der Waals surface area contributed by atoms with E-state index >= 15 is 0 Å². The van der Waals surface area contributed by atoms with E-state index in [-0.39, 0.29) is 46.7 Å². The van der Waals surface area contributed by atoms with Crippen LogP contribution in [0.2, 0.25) is 5.02 Å². The van der Waals surface area contributed by atoms with Gasteiger partial charge in [0.05, 0.1) is 21.8 Å². The maximum absolute atomic E-state index is 12.8. The molecule has 5 N–H and O–H groups in total. The zero-order valence-electron chi connectivity index (χ0n) is 17.1. The van der Waals surface area contributed by atoms with Gasteiger partial charge in [0.25, 0.3) is 5.91 Å². The van der Waals surface area contributed by atoms with Crippen LogP contribution < -0.4 is 16.8 Å². The Morgan fingerprint density at radius 3 is 2.61 bits per heavy atom. The molecule has 1 amide bonds. The summed E-state index contributed by atoms with van der Waals surface area (Å²) in [7, 11) is 0. The van der Waals surface area contributed by atoms with E-state index in [0.717, 1.165) is 29.5 Å². The number of hydrogen-bond donors (Lipinski definition) is 3. The Kier molecular flexibility index (Phi) is 7.30. The topological polar surface area (TPSA) is 137 Å². The van der Waals surface area contributed by atoms with Crippen molar-refractivity contribution in [1.29, 1.82) is 0 Å². The number of carbonyl (C=O) groups excluding carboxylic acids is 2. The number of Topliss-reactive ketones (excluding diaryl/α,β-unsaturated/α-hetero) is 1. The molecule has 0 aliphatic rings. The van der Waals surface area contributed by atoms with Crippen LogP contribution in [0.5, 0.6) is 0 Å². The van der Waals surface area contributed by atoms with Gasteiger partial charge in [-0.1, -0.05) is 18.5 Å². The second kappa shape index (κ2) is 9.81. The zero-order valence-corrected chi connectivity index (χ0v) is 18.7. The number of halogens is 4. The van der Waals surface area contributed by atoms with Gasteiger partial charge in [-0.2, -0.15) is 13.2 Å². The molecule has 0 saturated carbocycles. The fourth-order valence-electron chi connectivity index (χ4n) is 2.97. The summed E-state index contributed by atoms with van der Waals surface area (Å²) in [4.78, 5) is 37.4. The van der Waals surface area contributed by atoms with Crippen LogP contribution in [-0.4, -0.2) is 26.6 Å². The van der Waals surface area contributed by atoms with E-state index in [4.69, 9.17) is 23.1 Å². The first-order valence-electron chi connectivity index (χ1n) is 9.47. The fourth-order valence-corrected chi connectivity index (χ4v) is 4.12. The van der Waals surface area contributed by atoms with Gasteiger partial charge >= 0.3 is 6.18 Å². The van der Waals surface area contributed by atoms with Crippen molar-refractivity contribution in [2.75, 3.05) is 11.1 Å². The minimum Gasteiger partial charge on any atom is -0.383 e. The highest BCUT2D eigenvalue weighted by molar-refractivity contribution is 7.13. The van der Waals surface area contributed by atoms with Crippen LogP contribution in [0.3, 0.4) is 0 Å². The quantitative estimate of drug-likeness (QED) is 0.413. The second-order valence-electron chi connectivity index (χ2n) is 7.03. The lowest BCUT2D eigenvalue weighted by Gasteiger charge is -2.11. The second-order valence-corrected chi connectivity index (χ2v) is 8.50. The van der Waals surface area contributed by atoms with Crippen LogP contribution in [0, 0.1) is 0 Å². The average Bonchev–Trinajstić information content (AvgIpc) is 3.23. The number of anilines is 2. The maximum atomic E-state index is 12.8. The van der Waals surface area contributed by atoms with Gasteiger partial charge in [0.15, 0.2) is 5.78 Å². The molecule has 0 radical (unpaired) electrons. The first-order valence-corrected chi connectivity index (χ1v) is 10.7. The molecular weight excluding hydrogens is 481 g/mol. The van der Waals surface area contributed by atoms with Crippen LogP contribution in [0.4, 0.5) is 24.7 Å². The van der Waals surface area contributed by atoms with E-state index < -0.39 is 22.7 Å². The van der Waals surface area contributed by atoms with E-state index in [1.54, 1.807) is 6.92 Å². The first kappa shape index (κ1) is 24.6. The van der Waals surface area contributed by atoms with E-state index in [2.05, 4.69) is 20.3 Å². The molecule has 1 atom stereocenters. The summed E-state index contributed by atoms with van der Waals surface area (Å²) in [5, 5.41) is 2.48. The normalized spacial score (nSPS) is 12.4. The number of nitrogens with one attached hydrogen (secondary N) is 1. The van der Waals surface area contributed by atoms with Crippen LogP contribution in [-0.2, 0) is 12.7 Å². The average molecular weight is 499 g/mol. The summed E-state index contributed by atoms with van der Waals surface area (Å²) >= 11 is 6.74. The Labute approximate surface area is 195 Å². The monoisotopic (exact) mass is 498 g/mol. The van der Waals surface area contributed by atoms with E-state index in [1.165, 1.54) is 12.5 Å². The third-order valence-electron chi connectivity index (χ3n) is 4.64. The van der Waals surface area contributed by atoms with Gasteiger partial charge in [-0.3, -0.25) is 9.59 Å². The molecule has 1 unspecified atom stereocenters. The van der Waals surface area contributed by atoms with Crippen LogP contribution in [0.1, 0.15) is 55.6 Å². The molecule has 0 spiro atoms. The van der Waals surface area contributed by atoms with E-state index in [9.17, 15) is 22.8 Å². The van der Waals surface area contributed by atoms with Crippen LogP contribution >= 0.6 is 22.9 Å². The molecule has 0 saturated heterocycles. The predicted octanol–water partition coefficient (Wildman–Crippen LogP) is 4.28. The zero-order chi connectivity index (χ0) is 24.3. The molecule has 13 heteroatoms. The lowest BCUT2D eigenvalue weighted by molar-refractivity contribution is -0.137. The van der Waals surface area contributed by atoms with Crippen molar-refractivity contribution in [3.8, 4) is 0 Å². The van der Waals surface area contributed by atoms with Crippen molar-refractivity contribution in [3.05, 3.63) is 62.5 Å². The third kappa shape index (κ3) is 5.64. The molecule has 0 aliphatic carbocycles. The summed E-state index contributed by atoms with van der Waals surface area (Å²) < 4.78 is 38.5. The number of nitrogen functional groups attached to an aromatic ring is 1. The van der Waals surface area contributed by atoms with Gasteiger partial charge in [-0.15, -0.1) is 11.3 Å². The number of hydrogen-bond acceptors (Lipinski definition) is 8. The van der Waals surface area contributed by atoms with Crippen molar-refractivity contribution in [2.24, 2.45) is 5.73 Å². The number of aromatic nitrogens is 3. The van der Waals surface area contributed by atoms with E-state index in [0.29, 0.717) is 10.6 Å². The molecular formula is C20H18ClF3N6O2S. The summed E-state index contributed by atoms with van der Waals surface area (Å²) in [6.45, 7) is 1.78. The highest BCUT2D eigenvalue weighted by Crippen LogP contribution is 2.36. The fraction of sp³-hybridized carbons (Fsp3) is 0.250. The van der Waals surface area contributed by atoms with Gasteiger partial charge in [-0.25, -0.2) is 15.0 Å². The number of alkyl halides is 3. The lowest BCUT2D eigenvalue weighted by atomic mass is 10.0. The Hall–Kier alpha value is -3.09. The summed E-state index contributed by atoms with van der Waals surface area (Å²) in [5.74, 6) is -1.06. The Balaban J connectivity index is 1.69. The predicted molar refractivity (Wildman–Crippen MR) is 118 cm³/mol. The highest BCUT2D eigenvalue weighted by atomic mass is 35.5. The van der Waals surface area contributed by atoms with Gasteiger partial charge in [0.1, 0.15) is 22.7 Å². The number of benzene rings is 1. The number of thiazole rings is 1. The number of nitrogens with zero attached hydrogens (tertiary/aromatic N) is 3. The summed E-state index contributed by atoms with van der Waals surface area (Å²) in [6.07, 6.45) is -2.03. The molecule has 8 nitrogen and oxygen atoms in total. The number of carbonyl (C=O) groups is 2. The lowest BCUT2D eigenvalue weighted by Crippen LogP contribution is -2.15. The molecule has 3 aromatic rings. The van der Waals surface area contributed by atoms with Gasteiger partial charge in [0, 0.05) is 30.1 Å². The third-order valence-corrected chi connectivity index (χ3v) is 6.18. The number of nitrogens with two attached hydrogens (primary N) is 2. The molecule has 174 valence electrons. The largest absolute Gasteiger partial charge is 0.417 e. The minimum atomic E-state index is -4.60. The van der Waals surface area contributed by atoms with Crippen molar-refractivity contribution < 1.29 is 22.8 Å². The molecule has 0 bridgehead atoms. The van der Waals surface area contributed by atoms with Crippen LogP contribution in [0.25, 0.3) is 0 Å². The molecule has 0 aliphatic heterocycles. The SMILES string of the molecule is CC(CC(=O)c1ncnc(N)c1CN)c1ncc(C(=O)Nc2ccc(C(F)(F)F)c(Cl)c2)s1. The molecule has 2 aromatic heterocycles. The molecule has 0 fully saturated rings. The number of rotatable bonds is 7. The Bertz CT molecular complexity index is 1200. The van der Waals surface area contributed by atoms with Gasteiger partial charge < -0.3 is 16.8 Å². The Morgan fingerprint density at radius 1 is 1.24 bits per heavy atom. The molecule has 3 rings (SSSR count). The van der Waals surface area contributed by atoms with Crippen molar-refractivity contribution >= 4 is 46.1 Å². The van der Waals surface area contributed by atoms with E-state index in [1.807, 2.05) is 0 Å². The van der Waals surface area contributed by atoms with Crippen molar-refractivity contribution in [1.82, 2.24) is 15.0 Å². The highest BCUT2D eigenvalue weighted by Gasteiger charge is 2.33. The Morgan fingerprint density at radius 2 is 1.97 bits per heavy atom. The van der Waals surface area contributed by atoms with Crippen LogP contribution in [0.15, 0.2) is 30.7 Å². The minimum absolute atomic E-state index is 0.0116. The molecule has 2 heterocycles. The van der Waals surface area contributed by atoms with Crippen molar-refractivity contribution in [2.45, 2.75) is 32.0 Å². The number of amides is 1. The van der Waals surface area contributed by atoms with Gasteiger partial charge in [0.2, 0.25) is 0 Å². The van der Waals surface area contributed by atoms with Crippen molar-refractivity contribution in [3.63, 3.8) is 0 Å². The molecule has 33 heavy (non-hydrogen) atoms. The first-order chi connectivity index (χ1) is 15.5. The summed E-state index contributed by atoms with van der Waals surface area (Å²) in [6, 6.07) is 2.92. The van der Waals surface area contributed by atoms with Gasteiger partial charge in [-0.05, 0) is 18.2 Å². The number of ketones is 1. The molecule has 1 aromatic carbocycles.